The summed E-state index contributed by atoms with van der Waals surface area (Å²) in [6.07, 6.45) is 4.43. The van der Waals surface area contributed by atoms with Gasteiger partial charge in [0.1, 0.15) is 11.5 Å². The number of aliphatic carboxylic acids is 1. The Balaban J connectivity index is 2.23. The van der Waals surface area contributed by atoms with Gasteiger partial charge >= 0.3 is 5.97 Å². The molecule has 1 aromatic heterocycles. The molecule has 0 unspecified atom stereocenters. The highest BCUT2D eigenvalue weighted by atomic mass is 16.4. The second-order valence-electron chi connectivity index (χ2n) is 6.08. The first kappa shape index (κ1) is 15.6. The van der Waals surface area contributed by atoms with Gasteiger partial charge in [-0.05, 0) is 33.6 Å². The summed E-state index contributed by atoms with van der Waals surface area (Å²) < 4.78 is 5.49. The number of furan rings is 1. The largest absolute Gasteiger partial charge is 0.481 e. The molecule has 1 amide bonds. The standard InChI is InChI=1S/C16H23NO4/c1-10-11(2)21-12(3)14(10)15(20)17-16(9-13(18)19)7-5-4-6-8-16/h4-9H2,1-3H3,(H,17,20)(H,18,19). The fourth-order valence-corrected chi connectivity index (χ4v) is 3.29. The van der Waals surface area contributed by atoms with E-state index in [0.29, 0.717) is 11.3 Å². The van der Waals surface area contributed by atoms with Crippen molar-refractivity contribution in [2.24, 2.45) is 0 Å². The SMILES string of the molecule is Cc1oc(C)c(C(=O)NC2(CC(=O)O)CCCCC2)c1C. The monoisotopic (exact) mass is 293 g/mol. The van der Waals surface area contributed by atoms with E-state index in [-0.39, 0.29) is 12.3 Å². The van der Waals surface area contributed by atoms with Crippen LogP contribution in [0.5, 0.6) is 0 Å². The van der Waals surface area contributed by atoms with Crippen LogP contribution in [0.15, 0.2) is 4.42 Å². The fraction of sp³-hybridized carbons (Fsp3) is 0.625. The number of carbonyl (C=O) groups excluding carboxylic acids is 1. The number of amides is 1. The lowest BCUT2D eigenvalue weighted by molar-refractivity contribution is -0.139. The second kappa shape index (κ2) is 5.92. The highest BCUT2D eigenvalue weighted by Gasteiger charge is 2.37. The Morgan fingerprint density at radius 3 is 2.24 bits per heavy atom. The van der Waals surface area contributed by atoms with Gasteiger partial charge in [-0.15, -0.1) is 0 Å². The molecule has 1 fully saturated rings. The van der Waals surface area contributed by atoms with E-state index in [9.17, 15) is 9.59 Å². The van der Waals surface area contributed by atoms with E-state index < -0.39 is 11.5 Å². The smallest absolute Gasteiger partial charge is 0.305 e. The Morgan fingerprint density at radius 1 is 1.14 bits per heavy atom. The number of carboxylic acids is 1. The zero-order valence-corrected chi connectivity index (χ0v) is 12.9. The van der Waals surface area contributed by atoms with E-state index in [4.69, 9.17) is 9.52 Å². The van der Waals surface area contributed by atoms with Crippen molar-refractivity contribution in [1.82, 2.24) is 5.32 Å². The summed E-state index contributed by atoms with van der Waals surface area (Å²) in [5.41, 5.74) is 0.750. The van der Waals surface area contributed by atoms with Gasteiger partial charge in [0, 0.05) is 5.56 Å². The molecule has 1 aromatic rings. The zero-order chi connectivity index (χ0) is 15.6. The maximum Gasteiger partial charge on any atom is 0.305 e. The van der Waals surface area contributed by atoms with Gasteiger partial charge in [0.2, 0.25) is 0 Å². The fourth-order valence-electron chi connectivity index (χ4n) is 3.29. The van der Waals surface area contributed by atoms with Crippen molar-refractivity contribution in [3.63, 3.8) is 0 Å². The Kier molecular flexibility index (Phi) is 4.40. The van der Waals surface area contributed by atoms with Gasteiger partial charge in [0.05, 0.1) is 17.5 Å². The lowest BCUT2D eigenvalue weighted by Crippen LogP contribution is -2.51. The maximum absolute atomic E-state index is 12.6. The summed E-state index contributed by atoms with van der Waals surface area (Å²) in [5.74, 6) is 0.233. The molecule has 0 spiro atoms. The topological polar surface area (TPSA) is 79.5 Å². The van der Waals surface area contributed by atoms with Crippen molar-refractivity contribution in [1.29, 1.82) is 0 Å². The highest BCUT2D eigenvalue weighted by Crippen LogP contribution is 2.32. The Bertz CT molecular complexity index is 553. The Labute approximate surface area is 124 Å². The van der Waals surface area contributed by atoms with Crippen LogP contribution in [0.25, 0.3) is 0 Å². The predicted octanol–water partition coefficient (Wildman–Crippen LogP) is 3.11. The van der Waals surface area contributed by atoms with Crippen LogP contribution >= 0.6 is 0 Å². The summed E-state index contributed by atoms with van der Waals surface area (Å²) in [7, 11) is 0. The highest BCUT2D eigenvalue weighted by molar-refractivity contribution is 5.97. The maximum atomic E-state index is 12.6. The third-order valence-electron chi connectivity index (χ3n) is 4.47. The van der Waals surface area contributed by atoms with Gasteiger partial charge in [-0.3, -0.25) is 9.59 Å². The lowest BCUT2D eigenvalue weighted by Gasteiger charge is -2.37. The van der Waals surface area contributed by atoms with Crippen LogP contribution in [0, 0.1) is 20.8 Å². The number of rotatable bonds is 4. The quantitative estimate of drug-likeness (QED) is 0.894. The average Bonchev–Trinajstić information content (AvgIpc) is 2.63. The first-order chi connectivity index (χ1) is 9.84. The number of nitrogens with one attached hydrogen (secondary N) is 1. The van der Waals surface area contributed by atoms with Gasteiger partial charge in [-0.25, -0.2) is 0 Å². The summed E-state index contributed by atoms with van der Waals surface area (Å²) in [6.45, 7) is 5.44. The van der Waals surface area contributed by atoms with E-state index in [1.54, 1.807) is 6.92 Å². The van der Waals surface area contributed by atoms with Crippen molar-refractivity contribution >= 4 is 11.9 Å². The molecule has 1 saturated carbocycles. The molecule has 2 N–H and O–H groups in total. The molecule has 2 rings (SSSR count). The first-order valence-electron chi connectivity index (χ1n) is 7.45. The minimum Gasteiger partial charge on any atom is -0.481 e. The van der Waals surface area contributed by atoms with Crippen molar-refractivity contribution in [2.45, 2.75) is 64.8 Å². The van der Waals surface area contributed by atoms with Crippen molar-refractivity contribution in [2.75, 3.05) is 0 Å². The molecule has 1 heterocycles. The minimum atomic E-state index is -0.867. The van der Waals surface area contributed by atoms with E-state index in [2.05, 4.69) is 5.32 Å². The third kappa shape index (κ3) is 3.28. The molecule has 0 aliphatic heterocycles. The normalized spacial score (nSPS) is 17.5. The molecule has 21 heavy (non-hydrogen) atoms. The van der Waals surface area contributed by atoms with Gasteiger partial charge in [0.25, 0.3) is 5.91 Å². The van der Waals surface area contributed by atoms with E-state index in [0.717, 1.165) is 43.4 Å². The molecule has 5 nitrogen and oxygen atoms in total. The molecule has 5 heteroatoms. The summed E-state index contributed by atoms with van der Waals surface area (Å²) in [5, 5.41) is 12.2. The molecular weight excluding hydrogens is 270 g/mol. The number of aryl methyl sites for hydroxylation is 2. The number of carboxylic acid groups (broad SMARTS) is 1. The van der Waals surface area contributed by atoms with Crippen molar-refractivity contribution in [3.8, 4) is 0 Å². The van der Waals surface area contributed by atoms with Gasteiger partial charge in [0.15, 0.2) is 0 Å². The Morgan fingerprint density at radius 2 is 1.76 bits per heavy atom. The van der Waals surface area contributed by atoms with Crippen LogP contribution in [-0.2, 0) is 4.79 Å². The molecule has 0 bridgehead atoms. The predicted molar refractivity (Wildman–Crippen MR) is 78.5 cm³/mol. The van der Waals surface area contributed by atoms with Gasteiger partial charge in [-0.2, -0.15) is 0 Å². The van der Waals surface area contributed by atoms with Crippen LogP contribution < -0.4 is 5.32 Å². The van der Waals surface area contributed by atoms with Crippen LogP contribution in [0.2, 0.25) is 0 Å². The van der Waals surface area contributed by atoms with E-state index in [1.165, 1.54) is 0 Å². The summed E-state index contributed by atoms with van der Waals surface area (Å²) >= 11 is 0. The van der Waals surface area contributed by atoms with Crippen LogP contribution in [0.3, 0.4) is 0 Å². The minimum absolute atomic E-state index is 0.0202. The van der Waals surface area contributed by atoms with Crippen molar-refractivity contribution < 1.29 is 19.1 Å². The van der Waals surface area contributed by atoms with Crippen molar-refractivity contribution in [3.05, 3.63) is 22.6 Å². The van der Waals surface area contributed by atoms with Gasteiger partial charge in [-0.1, -0.05) is 19.3 Å². The average molecular weight is 293 g/mol. The van der Waals surface area contributed by atoms with E-state index in [1.807, 2.05) is 13.8 Å². The molecule has 0 saturated heterocycles. The van der Waals surface area contributed by atoms with Crippen LogP contribution in [-0.4, -0.2) is 22.5 Å². The van der Waals surface area contributed by atoms with E-state index >= 15 is 0 Å². The third-order valence-corrected chi connectivity index (χ3v) is 4.47. The first-order valence-corrected chi connectivity index (χ1v) is 7.45. The zero-order valence-electron chi connectivity index (χ0n) is 12.9. The molecule has 0 atom stereocenters. The molecule has 1 aliphatic rings. The molecule has 0 radical (unpaired) electrons. The Hall–Kier alpha value is -1.78. The molecular formula is C16H23NO4. The molecule has 0 aromatic carbocycles. The summed E-state index contributed by atoms with van der Waals surface area (Å²) in [6, 6.07) is 0. The lowest BCUT2D eigenvalue weighted by atomic mass is 9.79. The second-order valence-corrected chi connectivity index (χ2v) is 6.08. The molecule has 116 valence electrons. The number of hydrogen-bond acceptors (Lipinski definition) is 3. The molecule has 1 aliphatic carbocycles. The van der Waals surface area contributed by atoms with Crippen LogP contribution in [0.4, 0.5) is 0 Å². The number of carbonyl (C=O) groups is 2. The summed E-state index contributed by atoms with van der Waals surface area (Å²) in [4.78, 5) is 23.7. The van der Waals surface area contributed by atoms with Crippen LogP contribution in [0.1, 0.15) is 66.0 Å². The van der Waals surface area contributed by atoms with Gasteiger partial charge < -0.3 is 14.8 Å². The number of hydrogen-bond donors (Lipinski definition) is 2.